The highest BCUT2D eigenvalue weighted by Gasteiger charge is 2.20. The van der Waals surface area contributed by atoms with Gasteiger partial charge in [-0.1, -0.05) is 23.4 Å². The highest BCUT2D eigenvalue weighted by Crippen LogP contribution is 2.35. The van der Waals surface area contributed by atoms with Crippen molar-refractivity contribution in [2.24, 2.45) is 0 Å². The molecular formula is C21H19N3O4. The number of hydrogen-bond donors (Lipinski definition) is 2. The normalized spacial score (nSPS) is 11.1. The van der Waals surface area contributed by atoms with E-state index in [2.05, 4.69) is 10.5 Å². The third-order valence-electron chi connectivity index (χ3n) is 4.62. The molecule has 0 radical (unpaired) electrons. The van der Waals surface area contributed by atoms with Crippen LogP contribution in [0.4, 0.5) is 0 Å². The number of fused-ring (bicyclic) bond motifs is 1. The molecule has 4 aromatic rings. The molecule has 28 heavy (non-hydrogen) atoms. The van der Waals surface area contributed by atoms with Gasteiger partial charge in [-0.2, -0.15) is 0 Å². The SMILES string of the molecule is CNC(=O)c1cc2cc(-c3c(C)noc3C)nc(-c3cccc(CO)c3)c2o1. The molecule has 0 unspecified atom stereocenters. The molecule has 7 nitrogen and oxygen atoms in total. The van der Waals surface area contributed by atoms with Crippen LogP contribution in [0.5, 0.6) is 0 Å². The van der Waals surface area contributed by atoms with Gasteiger partial charge in [0.15, 0.2) is 11.3 Å². The number of rotatable bonds is 4. The molecule has 142 valence electrons. The number of pyridine rings is 1. The van der Waals surface area contributed by atoms with Gasteiger partial charge in [0.05, 0.1) is 23.6 Å². The molecule has 3 aromatic heterocycles. The highest BCUT2D eigenvalue weighted by molar-refractivity contribution is 6.00. The van der Waals surface area contributed by atoms with Gasteiger partial charge in [-0.05, 0) is 37.6 Å². The molecule has 0 saturated heterocycles. The summed E-state index contributed by atoms with van der Waals surface area (Å²) >= 11 is 0. The van der Waals surface area contributed by atoms with Gasteiger partial charge in [0.1, 0.15) is 11.5 Å². The molecule has 0 aliphatic rings. The average Bonchev–Trinajstić information content (AvgIpc) is 3.29. The summed E-state index contributed by atoms with van der Waals surface area (Å²) in [5, 5.41) is 16.8. The Bertz CT molecular complexity index is 1170. The smallest absolute Gasteiger partial charge is 0.286 e. The molecule has 7 heteroatoms. The van der Waals surface area contributed by atoms with Gasteiger partial charge in [-0.3, -0.25) is 4.79 Å². The molecule has 2 N–H and O–H groups in total. The Balaban J connectivity index is 2.02. The van der Waals surface area contributed by atoms with E-state index in [1.54, 1.807) is 13.1 Å². The van der Waals surface area contributed by atoms with E-state index in [1.165, 1.54) is 0 Å². The number of carbonyl (C=O) groups excluding carboxylic acids is 1. The van der Waals surface area contributed by atoms with E-state index in [1.807, 2.05) is 44.2 Å². The summed E-state index contributed by atoms with van der Waals surface area (Å²) in [5.41, 5.74) is 4.84. The van der Waals surface area contributed by atoms with Crippen LogP contribution in [0, 0.1) is 13.8 Å². The number of aromatic nitrogens is 2. The molecule has 0 aliphatic heterocycles. The van der Waals surface area contributed by atoms with Crippen LogP contribution >= 0.6 is 0 Å². The first-order chi connectivity index (χ1) is 13.5. The summed E-state index contributed by atoms with van der Waals surface area (Å²) in [6, 6.07) is 11.0. The number of nitrogens with zero attached hydrogens (tertiary/aromatic N) is 2. The Morgan fingerprint density at radius 2 is 2.04 bits per heavy atom. The van der Waals surface area contributed by atoms with Gasteiger partial charge in [-0.25, -0.2) is 4.98 Å². The van der Waals surface area contributed by atoms with E-state index < -0.39 is 0 Å². The summed E-state index contributed by atoms with van der Waals surface area (Å²) in [7, 11) is 1.55. The molecule has 4 rings (SSSR count). The second-order valence-corrected chi connectivity index (χ2v) is 6.52. The Kier molecular flexibility index (Phi) is 4.44. The van der Waals surface area contributed by atoms with Crippen molar-refractivity contribution in [3.63, 3.8) is 0 Å². The van der Waals surface area contributed by atoms with Gasteiger partial charge in [0.2, 0.25) is 0 Å². The minimum Gasteiger partial charge on any atom is -0.449 e. The van der Waals surface area contributed by atoms with Gasteiger partial charge >= 0.3 is 0 Å². The predicted octanol–water partition coefficient (Wildman–Crippen LogP) is 3.62. The lowest BCUT2D eigenvalue weighted by molar-refractivity contribution is 0.0938. The monoisotopic (exact) mass is 377 g/mol. The van der Waals surface area contributed by atoms with Crippen LogP contribution in [0.15, 0.2) is 45.3 Å². The number of aliphatic hydroxyl groups is 1. The lowest BCUT2D eigenvalue weighted by Crippen LogP contribution is -2.16. The second kappa shape index (κ2) is 6.94. The minimum absolute atomic E-state index is 0.0812. The van der Waals surface area contributed by atoms with Crippen LogP contribution in [0.2, 0.25) is 0 Å². The second-order valence-electron chi connectivity index (χ2n) is 6.52. The van der Waals surface area contributed by atoms with Gasteiger partial charge in [0.25, 0.3) is 5.91 Å². The van der Waals surface area contributed by atoms with E-state index in [9.17, 15) is 9.90 Å². The van der Waals surface area contributed by atoms with Crippen LogP contribution in [-0.4, -0.2) is 28.2 Å². The Morgan fingerprint density at radius 1 is 1.21 bits per heavy atom. The van der Waals surface area contributed by atoms with Crippen molar-refractivity contribution in [1.29, 1.82) is 0 Å². The Labute approximate surface area is 161 Å². The van der Waals surface area contributed by atoms with Crippen molar-refractivity contribution in [1.82, 2.24) is 15.5 Å². The lowest BCUT2D eigenvalue weighted by atomic mass is 10.0. The van der Waals surface area contributed by atoms with Crippen LogP contribution < -0.4 is 5.32 Å². The maximum Gasteiger partial charge on any atom is 0.286 e. The maximum absolute atomic E-state index is 12.1. The number of furan rings is 1. The Morgan fingerprint density at radius 3 is 2.71 bits per heavy atom. The van der Waals surface area contributed by atoms with Gasteiger partial charge < -0.3 is 19.4 Å². The number of benzene rings is 1. The molecule has 1 aromatic carbocycles. The molecule has 0 spiro atoms. The average molecular weight is 377 g/mol. The summed E-state index contributed by atoms with van der Waals surface area (Å²) in [6.45, 7) is 3.61. The molecule has 3 heterocycles. The van der Waals surface area contributed by atoms with Crippen molar-refractivity contribution in [2.75, 3.05) is 7.05 Å². The highest BCUT2D eigenvalue weighted by atomic mass is 16.5. The van der Waals surface area contributed by atoms with Gasteiger partial charge in [0, 0.05) is 18.0 Å². The van der Waals surface area contributed by atoms with Crippen LogP contribution in [-0.2, 0) is 6.61 Å². The van der Waals surface area contributed by atoms with Crippen molar-refractivity contribution >= 4 is 16.9 Å². The van der Waals surface area contributed by atoms with E-state index in [4.69, 9.17) is 13.9 Å². The number of aryl methyl sites for hydroxylation is 2. The van der Waals surface area contributed by atoms with E-state index in [0.29, 0.717) is 22.7 Å². The first-order valence-electron chi connectivity index (χ1n) is 8.82. The quantitative estimate of drug-likeness (QED) is 0.563. The van der Waals surface area contributed by atoms with Crippen LogP contribution in [0.3, 0.4) is 0 Å². The molecule has 0 aliphatic carbocycles. The summed E-state index contributed by atoms with van der Waals surface area (Å²) in [5.74, 6) is 0.550. The number of carbonyl (C=O) groups is 1. The fraction of sp³-hybridized carbons (Fsp3) is 0.190. The van der Waals surface area contributed by atoms with Crippen LogP contribution in [0.25, 0.3) is 33.5 Å². The van der Waals surface area contributed by atoms with Crippen LogP contribution in [0.1, 0.15) is 27.6 Å². The first-order valence-corrected chi connectivity index (χ1v) is 8.82. The molecule has 0 bridgehead atoms. The molecule has 0 atom stereocenters. The van der Waals surface area contributed by atoms with E-state index in [0.717, 1.165) is 27.8 Å². The number of aliphatic hydroxyl groups excluding tert-OH is 1. The topological polar surface area (TPSA) is 101 Å². The first kappa shape index (κ1) is 17.9. The summed E-state index contributed by atoms with van der Waals surface area (Å²) in [4.78, 5) is 16.9. The summed E-state index contributed by atoms with van der Waals surface area (Å²) < 4.78 is 11.1. The third kappa shape index (κ3) is 2.95. The van der Waals surface area contributed by atoms with Gasteiger partial charge in [-0.15, -0.1) is 0 Å². The summed E-state index contributed by atoms with van der Waals surface area (Å²) in [6.07, 6.45) is 0. The van der Waals surface area contributed by atoms with Crippen molar-refractivity contribution in [3.05, 3.63) is 59.2 Å². The fourth-order valence-electron chi connectivity index (χ4n) is 3.27. The maximum atomic E-state index is 12.1. The minimum atomic E-state index is -0.315. The number of hydrogen-bond acceptors (Lipinski definition) is 6. The fourth-order valence-corrected chi connectivity index (χ4v) is 3.27. The molecule has 0 saturated carbocycles. The zero-order chi connectivity index (χ0) is 19.8. The molecule has 0 fully saturated rings. The van der Waals surface area contributed by atoms with Crippen molar-refractivity contribution in [3.8, 4) is 22.5 Å². The third-order valence-corrected chi connectivity index (χ3v) is 4.62. The van der Waals surface area contributed by atoms with E-state index >= 15 is 0 Å². The zero-order valence-electron chi connectivity index (χ0n) is 15.7. The molecule has 1 amide bonds. The standard InChI is InChI=1S/C21H19N3O4/c1-11-18(12(2)28-24-11)16-8-15-9-17(21(26)22-3)27-20(15)19(23-16)14-6-4-5-13(7-14)10-25/h4-9,25H,10H2,1-3H3,(H,22,26). The largest absolute Gasteiger partial charge is 0.449 e. The molecular weight excluding hydrogens is 358 g/mol. The van der Waals surface area contributed by atoms with Crippen molar-refractivity contribution < 1.29 is 18.8 Å². The lowest BCUT2D eigenvalue weighted by Gasteiger charge is -2.07. The predicted molar refractivity (Wildman–Crippen MR) is 104 cm³/mol. The zero-order valence-corrected chi connectivity index (χ0v) is 15.7. The number of nitrogens with one attached hydrogen (secondary N) is 1. The Hall–Kier alpha value is -3.45. The number of amides is 1. The van der Waals surface area contributed by atoms with E-state index in [-0.39, 0.29) is 18.3 Å². The van der Waals surface area contributed by atoms with Crippen molar-refractivity contribution in [2.45, 2.75) is 20.5 Å².